The van der Waals surface area contributed by atoms with Crippen LogP contribution in [0.3, 0.4) is 0 Å². The minimum atomic E-state index is -3.32. The Hall–Kier alpha value is -2.65. The Balaban J connectivity index is 1.39. The van der Waals surface area contributed by atoms with Gasteiger partial charge in [0.15, 0.2) is 10.9 Å². The fourth-order valence-corrected chi connectivity index (χ4v) is 6.20. The fourth-order valence-electron chi connectivity index (χ4n) is 4.09. The molecule has 0 amide bonds. The molecule has 0 radical (unpaired) electrons. The van der Waals surface area contributed by atoms with Gasteiger partial charge in [0.25, 0.3) is 5.56 Å². The molecule has 1 aliphatic heterocycles. The number of carbonyl (C=O) groups excluding carboxylic acids is 1. The first-order valence-electron chi connectivity index (χ1n) is 10.7. The van der Waals surface area contributed by atoms with Crippen LogP contribution in [-0.2, 0) is 16.4 Å². The molecule has 1 fully saturated rings. The number of para-hydroxylation sites is 1. The first-order valence-corrected chi connectivity index (χ1v) is 13.3. The molecule has 2 aliphatic rings. The number of fused-ring (bicyclic) bond motifs is 2. The van der Waals surface area contributed by atoms with Crippen LogP contribution in [0.4, 0.5) is 5.69 Å². The van der Waals surface area contributed by atoms with Crippen LogP contribution < -0.4 is 9.86 Å². The summed E-state index contributed by atoms with van der Waals surface area (Å²) in [5, 5.41) is 1.17. The van der Waals surface area contributed by atoms with E-state index in [1.54, 1.807) is 35.8 Å². The Morgan fingerprint density at radius 3 is 2.72 bits per heavy atom. The third-order valence-corrected chi connectivity index (χ3v) is 8.71. The predicted octanol–water partition coefficient (Wildman–Crippen LogP) is 3.42. The summed E-state index contributed by atoms with van der Waals surface area (Å²) in [5.74, 6) is 0.137. The van der Waals surface area contributed by atoms with Gasteiger partial charge in [0.2, 0.25) is 10.0 Å². The van der Waals surface area contributed by atoms with Gasteiger partial charge in [-0.3, -0.25) is 18.5 Å². The van der Waals surface area contributed by atoms with Crippen LogP contribution >= 0.6 is 11.8 Å². The van der Waals surface area contributed by atoms with E-state index in [-0.39, 0.29) is 28.9 Å². The average Bonchev–Trinajstić information content (AvgIpc) is 3.54. The summed E-state index contributed by atoms with van der Waals surface area (Å²) in [5.41, 5.74) is 2.67. The van der Waals surface area contributed by atoms with Gasteiger partial charge < -0.3 is 0 Å². The average molecular weight is 470 g/mol. The number of anilines is 1. The van der Waals surface area contributed by atoms with Crippen LogP contribution in [0.15, 0.2) is 52.4 Å². The molecule has 0 N–H and O–H groups in total. The third kappa shape index (κ3) is 3.73. The molecule has 166 valence electrons. The largest absolute Gasteiger partial charge is 0.293 e. The topological polar surface area (TPSA) is 89.3 Å². The van der Waals surface area contributed by atoms with Crippen molar-refractivity contribution < 1.29 is 13.2 Å². The van der Waals surface area contributed by atoms with Crippen molar-refractivity contribution in [2.45, 2.75) is 37.4 Å². The number of carbonyl (C=O) groups is 1. The van der Waals surface area contributed by atoms with Gasteiger partial charge in [-0.1, -0.05) is 23.9 Å². The number of sulfonamides is 1. The maximum Gasteiger partial charge on any atom is 0.262 e. The van der Waals surface area contributed by atoms with Crippen molar-refractivity contribution >= 4 is 44.2 Å². The van der Waals surface area contributed by atoms with E-state index in [9.17, 15) is 18.0 Å². The molecule has 0 spiro atoms. The lowest BCUT2D eigenvalue weighted by Crippen LogP contribution is -2.30. The minimum absolute atomic E-state index is 0.0468. The lowest BCUT2D eigenvalue weighted by Gasteiger charge is -2.18. The second-order valence-electron chi connectivity index (χ2n) is 8.10. The summed E-state index contributed by atoms with van der Waals surface area (Å²) < 4.78 is 27.7. The molecule has 32 heavy (non-hydrogen) atoms. The van der Waals surface area contributed by atoms with E-state index in [1.807, 2.05) is 18.2 Å². The summed E-state index contributed by atoms with van der Waals surface area (Å²) in [6, 6.07) is 12.7. The van der Waals surface area contributed by atoms with Crippen LogP contribution in [0.1, 0.15) is 41.7 Å². The van der Waals surface area contributed by atoms with Crippen LogP contribution in [0, 0.1) is 0 Å². The number of thioether (sulfide) groups is 1. The molecule has 9 heteroatoms. The number of Topliss-reactive ketones (excluding diaryl/α,β-unsaturated/α-hetero) is 1. The molecule has 1 aromatic heterocycles. The zero-order valence-corrected chi connectivity index (χ0v) is 19.3. The van der Waals surface area contributed by atoms with Crippen molar-refractivity contribution in [3.8, 4) is 0 Å². The van der Waals surface area contributed by atoms with E-state index in [2.05, 4.69) is 4.98 Å². The SMILES string of the molecule is CCS(=O)(=O)N1CCc2cc(C(=O)CSc3nc4ccccc4c(=O)n3C3CC3)ccc21. The summed E-state index contributed by atoms with van der Waals surface area (Å²) in [6.07, 6.45) is 2.49. The van der Waals surface area contributed by atoms with Gasteiger partial charge in [0.1, 0.15) is 0 Å². The maximum absolute atomic E-state index is 13.0. The summed E-state index contributed by atoms with van der Waals surface area (Å²) in [7, 11) is -3.32. The van der Waals surface area contributed by atoms with Crippen LogP contribution in [0.2, 0.25) is 0 Å². The molecule has 0 saturated heterocycles. The molecule has 2 aromatic carbocycles. The lowest BCUT2D eigenvalue weighted by molar-refractivity contribution is 0.102. The first-order chi connectivity index (χ1) is 15.4. The first kappa shape index (κ1) is 21.2. The Labute approximate surface area is 190 Å². The van der Waals surface area contributed by atoms with E-state index >= 15 is 0 Å². The number of benzene rings is 2. The molecule has 0 atom stereocenters. The molecule has 5 rings (SSSR count). The Morgan fingerprint density at radius 2 is 1.97 bits per heavy atom. The molecule has 3 aromatic rings. The van der Waals surface area contributed by atoms with E-state index < -0.39 is 10.0 Å². The molecule has 1 aliphatic carbocycles. The molecular formula is C23H23N3O4S2. The second kappa shape index (κ2) is 8.04. The van der Waals surface area contributed by atoms with Gasteiger partial charge in [-0.25, -0.2) is 13.4 Å². The van der Waals surface area contributed by atoms with Gasteiger partial charge in [0.05, 0.1) is 28.1 Å². The van der Waals surface area contributed by atoms with Crippen LogP contribution in [0.25, 0.3) is 10.9 Å². The standard InChI is InChI=1S/C23H23N3O4S2/c1-2-32(29,30)25-12-11-15-13-16(7-10-20(15)25)21(27)14-31-23-24-19-6-4-3-5-18(19)22(28)26(23)17-8-9-17/h3-7,10,13,17H,2,8-9,11-12,14H2,1H3. The van der Waals surface area contributed by atoms with Crippen molar-refractivity contribution in [3.63, 3.8) is 0 Å². The number of aromatic nitrogens is 2. The highest BCUT2D eigenvalue weighted by molar-refractivity contribution is 7.99. The molecule has 2 heterocycles. The van der Waals surface area contributed by atoms with Gasteiger partial charge in [-0.15, -0.1) is 0 Å². The normalized spacial score (nSPS) is 15.8. The monoisotopic (exact) mass is 469 g/mol. The molecule has 1 saturated carbocycles. The molecule has 0 bridgehead atoms. The Bertz CT molecular complexity index is 1390. The van der Waals surface area contributed by atoms with Gasteiger partial charge in [-0.2, -0.15) is 0 Å². The van der Waals surface area contributed by atoms with Crippen LogP contribution in [-0.4, -0.2) is 41.8 Å². The van der Waals surface area contributed by atoms with Crippen molar-refractivity contribution in [1.82, 2.24) is 9.55 Å². The van der Waals surface area contributed by atoms with Crippen LogP contribution in [0.5, 0.6) is 0 Å². The zero-order chi connectivity index (χ0) is 22.5. The van der Waals surface area contributed by atoms with Crippen molar-refractivity contribution in [1.29, 1.82) is 0 Å². The zero-order valence-electron chi connectivity index (χ0n) is 17.7. The van der Waals surface area contributed by atoms with E-state index in [1.165, 1.54) is 16.1 Å². The summed E-state index contributed by atoms with van der Waals surface area (Å²) in [6.45, 7) is 2.04. The number of hydrogen-bond donors (Lipinski definition) is 0. The van der Waals surface area contributed by atoms with Crippen molar-refractivity contribution in [2.24, 2.45) is 0 Å². The highest BCUT2D eigenvalue weighted by atomic mass is 32.2. The lowest BCUT2D eigenvalue weighted by atomic mass is 10.1. The highest BCUT2D eigenvalue weighted by Crippen LogP contribution is 2.37. The Morgan fingerprint density at radius 1 is 1.19 bits per heavy atom. The maximum atomic E-state index is 13.0. The number of rotatable bonds is 7. The molecular weight excluding hydrogens is 446 g/mol. The van der Waals surface area contributed by atoms with E-state index in [0.29, 0.717) is 40.3 Å². The number of ketones is 1. The van der Waals surface area contributed by atoms with Crippen molar-refractivity contribution in [3.05, 3.63) is 63.9 Å². The smallest absolute Gasteiger partial charge is 0.262 e. The van der Waals surface area contributed by atoms with Crippen molar-refractivity contribution in [2.75, 3.05) is 22.4 Å². The van der Waals surface area contributed by atoms with E-state index in [4.69, 9.17) is 0 Å². The summed E-state index contributed by atoms with van der Waals surface area (Å²) in [4.78, 5) is 30.6. The molecule has 7 nitrogen and oxygen atoms in total. The van der Waals surface area contributed by atoms with Gasteiger partial charge in [-0.05, 0) is 62.1 Å². The second-order valence-corrected chi connectivity index (χ2v) is 11.2. The highest BCUT2D eigenvalue weighted by Gasteiger charge is 2.30. The number of nitrogens with zero attached hydrogens (tertiary/aromatic N) is 3. The molecule has 0 unspecified atom stereocenters. The Kier molecular flexibility index (Phi) is 5.33. The minimum Gasteiger partial charge on any atom is -0.293 e. The quantitative estimate of drug-likeness (QED) is 0.299. The fraction of sp³-hybridized carbons (Fsp3) is 0.348. The van der Waals surface area contributed by atoms with Gasteiger partial charge >= 0.3 is 0 Å². The third-order valence-electron chi connectivity index (χ3n) is 5.97. The van der Waals surface area contributed by atoms with Gasteiger partial charge in [0, 0.05) is 18.2 Å². The summed E-state index contributed by atoms with van der Waals surface area (Å²) >= 11 is 1.29. The predicted molar refractivity (Wildman–Crippen MR) is 126 cm³/mol. The van der Waals surface area contributed by atoms with E-state index in [0.717, 1.165) is 18.4 Å². The number of hydrogen-bond acceptors (Lipinski definition) is 6.